The van der Waals surface area contributed by atoms with Crippen molar-refractivity contribution in [1.29, 1.82) is 0 Å². The number of aromatic nitrogens is 4. The van der Waals surface area contributed by atoms with E-state index in [1.807, 2.05) is 0 Å². The normalized spacial score (nSPS) is 14.2. The number of hydrogen-bond acceptors (Lipinski definition) is 6. The molecule has 1 aromatic carbocycles. The number of carbonyl (C=O) groups is 1. The Morgan fingerprint density at radius 3 is 2.92 bits per heavy atom. The van der Waals surface area contributed by atoms with Crippen molar-refractivity contribution in [3.63, 3.8) is 0 Å². The van der Waals surface area contributed by atoms with Gasteiger partial charge in [0.2, 0.25) is 17.7 Å². The number of nitrogens with zero attached hydrogens (tertiary/aromatic N) is 5. The number of fused-ring (bicyclic) bond motifs is 3. The standard InChI is InChI=1S/C15H13ClFN5O3/c1-7-18-19-15(25-7)8-4-9(16)13(17)14-12(8)10-5-21(11(24)6-23)2-3-22(10)20-14/h4,23H,2-3,5-6H2,1H3. The Labute approximate surface area is 145 Å². The van der Waals surface area contributed by atoms with Gasteiger partial charge in [0.25, 0.3) is 0 Å². The lowest BCUT2D eigenvalue weighted by Gasteiger charge is -2.27. The monoisotopic (exact) mass is 365 g/mol. The van der Waals surface area contributed by atoms with Crippen LogP contribution < -0.4 is 0 Å². The van der Waals surface area contributed by atoms with E-state index < -0.39 is 18.3 Å². The molecular weight excluding hydrogens is 353 g/mol. The van der Waals surface area contributed by atoms with Crippen molar-refractivity contribution >= 4 is 28.4 Å². The predicted octanol–water partition coefficient (Wildman–Crippen LogP) is 1.52. The Bertz CT molecular complexity index is 999. The molecule has 2 aromatic heterocycles. The van der Waals surface area contributed by atoms with Crippen LogP contribution in [0.15, 0.2) is 10.5 Å². The molecule has 0 spiro atoms. The maximum Gasteiger partial charge on any atom is 0.248 e. The lowest BCUT2D eigenvalue weighted by Crippen LogP contribution is -2.39. The fraction of sp³-hybridized carbons (Fsp3) is 0.333. The lowest BCUT2D eigenvalue weighted by atomic mass is 10.1. The molecule has 10 heteroatoms. The molecule has 1 aliphatic heterocycles. The molecule has 3 aromatic rings. The maximum absolute atomic E-state index is 14.5. The molecule has 4 rings (SSSR count). The van der Waals surface area contributed by atoms with Gasteiger partial charge < -0.3 is 14.4 Å². The molecule has 0 radical (unpaired) electrons. The van der Waals surface area contributed by atoms with Crippen LogP contribution in [0.3, 0.4) is 0 Å². The van der Waals surface area contributed by atoms with Gasteiger partial charge in [0, 0.05) is 18.9 Å². The summed E-state index contributed by atoms with van der Waals surface area (Å²) in [5.41, 5.74) is 1.18. The second-order valence-corrected chi connectivity index (χ2v) is 6.12. The zero-order valence-corrected chi connectivity index (χ0v) is 13.9. The summed E-state index contributed by atoms with van der Waals surface area (Å²) in [6.07, 6.45) is 0. The predicted molar refractivity (Wildman–Crippen MR) is 85.2 cm³/mol. The van der Waals surface area contributed by atoms with Crippen molar-refractivity contribution < 1.29 is 18.7 Å². The highest BCUT2D eigenvalue weighted by Gasteiger charge is 2.28. The van der Waals surface area contributed by atoms with Crippen molar-refractivity contribution in [1.82, 2.24) is 24.9 Å². The lowest BCUT2D eigenvalue weighted by molar-refractivity contribution is -0.135. The number of halogens is 2. The van der Waals surface area contributed by atoms with E-state index in [2.05, 4.69) is 15.3 Å². The Balaban J connectivity index is 1.96. The van der Waals surface area contributed by atoms with Gasteiger partial charge in [-0.25, -0.2) is 4.39 Å². The smallest absolute Gasteiger partial charge is 0.248 e. The molecule has 0 atom stereocenters. The first-order valence-corrected chi connectivity index (χ1v) is 7.94. The van der Waals surface area contributed by atoms with Gasteiger partial charge in [0.05, 0.1) is 29.4 Å². The average Bonchev–Trinajstić information content (AvgIpc) is 3.20. The highest BCUT2D eigenvalue weighted by molar-refractivity contribution is 6.32. The summed E-state index contributed by atoms with van der Waals surface area (Å²) in [5, 5.41) is 21.5. The summed E-state index contributed by atoms with van der Waals surface area (Å²) in [6.45, 7) is 2.02. The van der Waals surface area contributed by atoms with Gasteiger partial charge in [-0.2, -0.15) is 5.10 Å². The fourth-order valence-corrected chi connectivity index (χ4v) is 3.22. The first kappa shape index (κ1) is 16.0. The van der Waals surface area contributed by atoms with Crippen LogP contribution in [0.1, 0.15) is 11.6 Å². The van der Waals surface area contributed by atoms with Crippen molar-refractivity contribution in [2.45, 2.75) is 20.0 Å². The number of amides is 1. The number of hydrogen-bond donors (Lipinski definition) is 1. The van der Waals surface area contributed by atoms with Crippen LogP contribution in [-0.2, 0) is 17.9 Å². The minimum atomic E-state index is -0.640. The Morgan fingerprint density at radius 1 is 1.44 bits per heavy atom. The zero-order valence-electron chi connectivity index (χ0n) is 13.2. The molecule has 25 heavy (non-hydrogen) atoms. The number of carbonyl (C=O) groups excluding carboxylic acids is 1. The third-order valence-electron chi connectivity index (χ3n) is 4.18. The van der Waals surface area contributed by atoms with E-state index in [0.717, 1.165) is 0 Å². The summed E-state index contributed by atoms with van der Waals surface area (Å²) >= 11 is 6.00. The Hall–Kier alpha value is -2.52. The molecule has 1 amide bonds. The van der Waals surface area contributed by atoms with E-state index >= 15 is 0 Å². The van der Waals surface area contributed by atoms with Gasteiger partial charge in [-0.3, -0.25) is 9.48 Å². The first-order valence-electron chi connectivity index (χ1n) is 7.56. The molecule has 0 aliphatic carbocycles. The highest BCUT2D eigenvalue weighted by Crippen LogP contribution is 2.37. The molecule has 1 N–H and O–H groups in total. The third-order valence-corrected chi connectivity index (χ3v) is 4.46. The number of benzene rings is 1. The van der Waals surface area contributed by atoms with E-state index in [0.29, 0.717) is 35.6 Å². The molecule has 0 saturated heterocycles. The Kier molecular flexibility index (Phi) is 3.69. The van der Waals surface area contributed by atoms with Crippen LogP contribution in [0.4, 0.5) is 4.39 Å². The minimum Gasteiger partial charge on any atom is -0.421 e. The molecular formula is C15H13ClFN5O3. The summed E-state index contributed by atoms with van der Waals surface area (Å²) in [6, 6.07) is 1.42. The van der Waals surface area contributed by atoms with Crippen LogP contribution in [-0.4, -0.2) is 49.0 Å². The number of aliphatic hydroxyl groups excluding tert-OH is 1. The van der Waals surface area contributed by atoms with E-state index in [9.17, 15) is 9.18 Å². The van der Waals surface area contributed by atoms with Gasteiger partial charge in [0.1, 0.15) is 12.1 Å². The van der Waals surface area contributed by atoms with Crippen molar-refractivity contribution in [2.24, 2.45) is 0 Å². The average molecular weight is 366 g/mol. The third kappa shape index (κ3) is 2.47. The number of aliphatic hydroxyl groups is 1. The second-order valence-electron chi connectivity index (χ2n) is 5.71. The van der Waals surface area contributed by atoms with E-state index in [1.54, 1.807) is 11.6 Å². The van der Waals surface area contributed by atoms with Crippen LogP contribution in [0.2, 0.25) is 5.02 Å². The van der Waals surface area contributed by atoms with Gasteiger partial charge in [-0.1, -0.05) is 11.6 Å². The van der Waals surface area contributed by atoms with Crippen molar-refractivity contribution in [3.05, 3.63) is 28.5 Å². The minimum absolute atomic E-state index is 0.0895. The summed E-state index contributed by atoms with van der Waals surface area (Å²) in [7, 11) is 0. The van der Waals surface area contributed by atoms with Crippen LogP contribution in [0.25, 0.3) is 22.4 Å². The molecule has 130 valence electrons. The van der Waals surface area contributed by atoms with Gasteiger partial charge in [-0.05, 0) is 6.07 Å². The van der Waals surface area contributed by atoms with Crippen molar-refractivity contribution in [2.75, 3.05) is 13.2 Å². The zero-order chi connectivity index (χ0) is 17.7. The molecule has 0 saturated carbocycles. The Morgan fingerprint density at radius 2 is 2.24 bits per heavy atom. The largest absolute Gasteiger partial charge is 0.421 e. The van der Waals surface area contributed by atoms with Gasteiger partial charge in [-0.15, -0.1) is 10.2 Å². The van der Waals surface area contributed by atoms with Gasteiger partial charge in [0.15, 0.2) is 5.82 Å². The molecule has 0 unspecified atom stereocenters. The van der Waals surface area contributed by atoms with E-state index in [1.165, 1.54) is 11.0 Å². The van der Waals surface area contributed by atoms with E-state index in [-0.39, 0.29) is 23.0 Å². The van der Waals surface area contributed by atoms with Crippen LogP contribution in [0.5, 0.6) is 0 Å². The fourth-order valence-electron chi connectivity index (χ4n) is 3.02. The first-order chi connectivity index (χ1) is 12.0. The van der Waals surface area contributed by atoms with Crippen LogP contribution in [0, 0.1) is 12.7 Å². The topological polar surface area (TPSA) is 97.3 Å². The quantitative estimate of drug-likeness (QED) is 0.739. The molecule has 0 fully saturated rings. The SMILES string of the molecule is Cc1nnc(-c2cc(Cl)c(F)c3nn4c(c23)CN(C(=O)CO)CC4)o1. The molecule has 3 heterocycles. The number of rotatable bonds is 2. The summed E-state index contributed by atoms with van der Waals surface area (Å²) in [5.74, 6) is -0.476. The maximum atomic E-state index is 14.5. The summed E-state index contributed by atoms with van der Waals surface area (Å²) in [4.78, 5) is 13.3. The van der Waals surface area contributed by atoms with E-state index in [4.69, 9.17) is 21.1 Å². The molecule has 8 nitrogen and oxygen atoms in total. The molecule has 0 bridgehead atoms. The summed E-state index contributed by atoms with van der Waals surface area (Å²) < 4.78 is 21.6. The molecule has 1 aliphatic rings. The van der Waals surface area contributed by atoms with Crippen molar-refractivity contribution in [3.8, 4) is 11.5 Å². The van der Waals surface area contributed by atoms with Crippen LogP contribution >= 0.6 is 11.6 Å². The highest BCUT2D eigenvalue weighted by atomic mass is 35.5. The number of aryl methyl sites for hydroxylation is 1. The van der Waals surface area contributed by atoms with Gasteiger partial charge >= 0.3 is 0 Å². The second kappa shape index (κ2) is 5.78.